The number of aromatic nitrogens is 8. The van der Waals surface area contributed by atoms with Gasteiger partial charge in [0.15, 0.2) is 35.4 Å². The number of nitrogens with two attached hydrogens (primary N) is 2. The molecule has 54 heteroatoms. The van der Waals surface area contributed by atoms with Gasteiger partial charge in [-0.1, -0.05) is 40.5 Å². The van der Waals surface area contributed by atoms with Crippen LogP contribution < -0.4 is 32.7 Å². The van der Waals surface area contributed by atoms with Crippen LogP contribution in [-0.2, 0) is 91.8 Å². The van der Waals surface area contributed by atoms with E-state index in [1.165, 1.54) is 27.7 Å². The molecule has 4 unspecified atom stereocenters. The average molecular weight is 1620 g/mol. The number of unbranched alkanes of at least 4 members (excludes halogenated alkanes) is 3. The second-order valence-electron chi connectivity index (χ2n) is 23.8. The monoisotopic (exact) mass is 1620 g/mol. The van der Waals surface area contributed by atoms with Crippen LogP contribution in [0.25, 0.3) is 22.3 Å². The van der Waals surface area contributed by atoms with E-state index in [-0.39, 0.29) is 59.9 Å². The molecule has 0 bridgehead atoms. The Hall–Kier alpha value is -4.22. The first-order valence-electron chi connectivity index (χ1n) is 30.3. The number of hydrogen-bond donors (Lipinski definition) is 18. The normalized spacial score (nSPS) is 22.9. The Labute approximate surface area is 588 Å². The summed E-state index contributed by atoms with van der Waals surface area (Å²) >= 11 is 3.25. The summed E-state index contributed by atoms with van der Waals surface area (Å²) in [4.78, 5) is 153. The topological polar surface area (TPSA) is 693 Å². The number of rotatable bonds is 45. The summed E-state index contributed by atoms with van der Waals surface area (Å²) < 4.78 is 125. The van der Waals surface area contributed by atoms with Crippen molar-refractivity contribution in [1.29, 1.82) is 0 Å². The highest BCUT2D eigenvalue weighted by atomic mass is 32.2. The lowest BCUT2D eigenvalue weighted by atomic mass is 9.87. The zero-order valence-electron chi connectivity index (χ0n) is 54.6. The second-order valence-corrected chi connectivity index (χ2v) is 34.7. The molecular formula is C48H82N14O32P6S2. The largest absolute Gasteiger partial charge is 0.481 e. The summed E-state index contributed by atoms with van der Waals surface area (Å²) in [6.45, 7) is 1.07. The van der Waals surface area contributed by atoms with Crippen LogP contribution in [-0.4, -0.2) is 247 Å². The van der Waals surface area contributed by atoms with Gasteiger partial charge in [-0.05, 0) is 24.3 Å². The maximum atomic E-state index is 12.8. The maximum absolute atomic E-state index is 12.8. The number of aliphatic hydroxyl groups excluding tert-OH is 4. The van der Waals surface area contributed by atoms with Gasteiger partial charge in [-0.25, -0.2) is 57.3 Å². The lowest BCUT2D eigenvalue weighted by Crippen LogP contribution is -2.46. The zero-order valence-corrected chi connectivity index (χ0v) is 61.6. The van der Waals surface area contributed by atoms with Crippen LogP contribution in [0, 0.1) is 10.8 Å². The third kappa shape index (κ3) is 26.9. The highest BCUT2D eigenvalue weighted by molar-refractivity contribution is 7.99. The molecule has 2 aliphatic rings. The minimum atomic E-state index is -5.62. The Kier molecular flexibility index (Phi) is 31.9. The predicted octanol–water partition coefficient (Wildman–Crippen LogP) is -1.15. The van der Waals surface area contributed by atoms with Crippen molar-refractivity contribution in [3.63, 3.8) is 0 Å². The van der Waals surface area contributed by atoms with Crippen molar-refractivity contribution in [2.75, 3.05) is 87.1 Å². The molecule has 4 amide bonds. The summed E-state index contributed by atoms with van der Waals surface area (Å²) in [6.07, 6.45) is -10.4. The molecule has 2 aliphatic heterocycles. The number of anilines is 2. The smallest absolute Gasteiger partial charge is 0.386 e. The minimum Gasteiger partial charge on any atom is -0.386 e. The van der Waals surface area contributed by atoms with Crippen LogP contribution in [0.3, 0.4) is 0 Å². The van der Waals surface area contributed by atoms with E-state index in [0.717, 1.165) is 71.6 Å². The number of fused-ring (bicyclic) bond motifs is 2. The third-order valence-electron chi connectivity index (χ3n) is 14.6. The lowest BCUT2D eigenvalue weighted by Gasteiger charge is -2.30. The van der Waals surface area contributed by atoms with E-state index < -0.39 is 169 Å². The van der Waals surface area contributed by atoms with Gasteiger partial charge in [0.05, 0.1) is 39.1 Å². The molecule has 102 heavy (non-hydrogen) atoms. The molecule has 578 valence electrons. The van der Waals surface area contributed by atoms with Crippen LogP contribution >= 0.6 is 70.5 Å². The fourth-order valence-corrected chi connectivity index (χ4v) is 16.7. The summed E-state index contributed by atoms with van der Waals surface area (Å²) in [5.74, 6) is -0.0282. The van der Waals surface area contributed by atoms with E-state index >= 15 is 0 Å². The second kappa shape index (κ2) is 37.5. The molecule has 46 nitrogen and oxygen atoms in total. The van der Waals surface area contributed by atoms with Gasteiger partial charge in [-0.2, -0.15) is 32.1 Å². The van der Waals surface area contributed by atoms with Gasteiger partial charge in [0.25, 0.3) is 0 Å². The number of imidazole rings is 2. The first-order chi connectivity index (χ1) is 47.4. The number of nitrogen functional groups attached to an aromatic ring is 2. The number of ether oxygens (including phenoxy) is 2. The van der Waals surface area contributed by atoms with E-state index in [9.17, 15) is 106 Å². The molecule has 4 aromatic rings. The van der Waals surface area contributed by atoms with Gasteiger partial charge in [-0.15, -0.1) is 0 Å². The molecule has 14 atom stereocenters. The van der Waals surface area contributed by atoms with Crippen molar-refractivity contribution in [3.8, 4) is 0 Å². The Morgan fingerprint density at radius 1 is 0.529 bits per heavy atom. The minimum absolute atomic E-state index is 0.00871. The molecule has 2 saturated heterocycles. The zero-order chi connectivity index (χ0) is 75.8. The summed E-state index contributed by atoms with van der Waals surface area (Å²) in [6, 6.07) is 0. The highest BCUT2D eigenvalue weighted by Gasteiger charge is 2.52. The maximum Gasteiger partial charge on any atom is 0.481 e. The van der Waals surface area contributed by atoms with Gasteiger partial charge in [0.1, 0.15) is 72.5 Å². The summed E-state index contributed by atoms with van der Waals surface area (Å²) in [7, 11) is -33.1. The van der Waals surface area contributed by atoms with Gasteiger partial charge in [-0.3, -0.25) is 55.5 Å². The number of phosphoric ester groups is 6. The Morgan fingerprint density at radius 3 is 1.24 bits per heavy atom. The van der Waals surface area contributed by atoms with Crippen molar-refractivity contribution in [1.82, 2.24) is 60.3 Å². The number of aliphatic hydroxyl groups is 4. The molecule has 2 fully saturated rings. The van der Waals surface area contributed by atoms with Crippen molar-refractivity contribution in [2.24, 2.45) is 10.8 Å². The van der Waals surface area contributed by atoms with Crippen LogP contribution in [0.15, 0.2) is 25.3 Å². The number of nitrogens with zero attached hydrogens (tertiary/aromatic N) is 8. The average Bonchev–Trinajstić information content (AvgIpc) is 1.62. The van der Waals surface area contributed by atoms with Gasteiger partial charge >= 0.3 is 46.9 Å². The fourth-order valence-electron chi connectivity index (χ4n) is 9.37. The molecule has 0 saturated carbocycles. The van der Waals surface area contributed by atoms with Crippen LogP contribution in [0.5, 0.6) is 0 Å². The Bertz CT molecular complexity index is 3560. The number of carbonyl (C=O) groups excluding carboxylic acids is 4. The van der Waals surface area contributed by atoms with E-state index in [2.05, 4.69) is 68.8 Å². The first kappa shape index (κ1) is 86.7. The molecule has 0 aliphatic carbocycles. The van der Waals surface area contributed by atoms with E-state index in [0.29, 0.717) is 24.6 Å². The van der Waals surface area contributed by atoms with Crippen LogP contribution in [0.4, 0.5) is 11.6 Å². The summed E-state index contributed by atoms with van der Waals surface area (Å²) in [5, 5.41) is 53.5. The number of amides is 4. The van der Waals surface area contributed by atoms with Gasteiger partial charge < -0.3 is 102 Å². The number of phosphoric acid groups is 6. The number of nitrogens with one attached hydrogen (secondary N) is 4. The quantitative estimate of drug-likeness (QED) is 0.0184. The van der Waals surface area contributed by atoms with E-state index in [4.69, 9.17) is 39.0 Å². The molecule has 0 radical (unpaired) electrons. The number of hydrogen-bond acceptors (Lipinski definition) is 34. The Balaban J connectivity index is 0.747. The van der Waals surface area contributed by atoms with E-state index in [1.807, 2.05) is 0 Å². The van der Waals surface area contributed by atoms with Crippen molar-refractivity contribution in [3.05, 3.63) is 25.3 Å². The number of thioether (sulfide) groups is 2. The molecule has 20 N–H and O–H groups in total. The Morgan fingerprint density at radius 2 is 0.882 bits per heavy atom. The third-order valence-corrected chi connectivity index (χ3v) is 23.0. The highest BCUT2D eigenvalue weighted by Crippen LogP contribution is 2.63. The molecule has 4 aromatic heterocycles. The number of carbonyl (C=O) groups is 4. The van der Waals surface area contributed by atoms with E-state index in [1.54, 1.807) is 23.5 Å². The first-order valence-corrected chi connectivity index (χ1v) is 41.7. The van der Waals surface area contributed by atoms with Crippen molar-refractivity contribution < 1.29 is 151 Å². The molecule has 0 aromatic carbocycles. The fraction of sp³-hybridized carbons (Fsp3) is 0.708. The summed E-state index contributed by atoms with van der Waals surface area (Å²) in [5.41, 5.74) is 8.41. The van der Waals surface area contributed by atoms with Gasteiger partial charge in [0.2, 0.25) is 23.6 Å². The lowest BCUT2D eigenvalue weighted by molar-refractivity contribution is -0.137. The molecular weight excluding hydrogens is 1530 g/mol. The molecule has 6 heterocycles. The predicted molar refractivity (Wildman–Crippen MR) is 352 cm³/mol. The van der Waals surface area contributed by atoms with Gasteiger partial charge in [0, 0.05) is 61.4 Å². The standard InChI is InChI=1S/C48H82N14O32P6S2/c1-47(2,21-87-99(81,82)93-97(77,78)85-19-27-35(91-95(71,72)73)33(65)45(89-27)61-25-59-31-39(49)55-23-57-41(31)61)37(67)43(69)53-11-9-29(63)51-13-17-101-15-7-5-6-8-16-102-18-14-52-30(64)10-12-54-44(70)38(68)48(3,4)22-88-100(83,84)94-98(79,80)86-20-28-36(92-96(74,75)76)34(66)46(90-28)62-26-60-32-40(50)56-24-58-42(32)62/h23-28,33-38,45-46,65-68H,5-22H2,1-4H3,(H,51,63)(H,52,64)(H,53,69)(H,54,70)(H,77,78)(H,79,80)(H,81,82)(H,83,84)(H2,49,55,57)(H2,50,56,58)(H2,71,72,73)(H2,74,75,76)/t27-,28-,33-,34-,35-,36-,37+,38+,45-,46-/m1/s1. The van der Waals surface area contributed by atoms with Crippen molar-refractivity contribution >= 4 is 128 Å². The molecule has 0 spiro atoms. The molecule has 6 rings (SSSR count). The SMILES string of the molecule is CC(C)(COP(=O)(O)OP(=O)(O)OC[C@H]1O[C@@H](n2cnc3c(N)ncnc32)[C@H](O)[C@@H]1OP(=O)(O)O)[C@@H](O)C(=O)NCCC(=O)NCCSCCCCCCSCCNC(=O)CCNC(=O)[C@H](O)C(C)(C)COP(=O)(O)OP(=O)(O)OC[C@H]1O[C@@H](n2cnc3c(N)ncnc32)[C@H](O)[C@@H]1OP(=O)(O)O. The van der Waals surface area contributed by atoms with Crippen LogP contribution in [0.2, 0.25) is 0 Å². The van der Waals surface area contributed by atoms with Crippen molar-refractivity contribution in [2.45, 2.75) is 128 Å². The van der Waals surface area contributed by atoms with Crippen LogP contribution in [0.1, 0.15) is 78.7 Å².